The van der Waals surface area contributed by atoms with Gasteiger partial charge >= 0.3 is 0 Å². The zero-order chi connectivity index (χ0) is 10.6. The summed E-state index contributed by atoms with van der Waals surface area (Å²) in [5.74, 6) is 0.827. The minimum absolute atomic E-state index is 0.0464. The molecule has 0 aliphatic carbocycles. The molecule has 0 bridgehead atoms. The molecule has 2 heteroatoms. The molecular weight excluding hydrogens is 176 g/mol. The summed E-state index contributed by atoms with van der Waals surface area (Å²) < 4.78 is 5.54. The maximum Gasteiger partial charge on any atom is 0.126 e. The van der Waals surface area contributed by atoms with Crippen LogP contribution in [0.15, 0.2) is 18.2 Å². The van der Waals surface area contributed by atoms with Crippen LogP contribution in [0.3, 0.4) is 0 Å². The number of hydrogen-bond donors (Lipinski definition) is 0. The minimum atomic E-state index is -0.0464. The molecule has 0 aliphatic rings. The van der Waals surface area contributed by atoms with Crippen molar-refractivity contribution in [1.82, 2.24) is 0 Å². The lowest BCUT2D eigenvalue weighted by Crippen LogP contribution is -2.10. The maximum absolute atomic E-state index is 10.4. The normalized spacial score (nSPS) is 12.2. The molecule has 0 aromatic heterocycles. The summed E-state index contributed by atoms with van der Waals surface area (Å²) in [6.45, 7) is 6.32. The Morgan fingerprint density at radius 1 is 1.43 bits per heavy atom. The second-order valence-electron chi connectivity index (χ2n) is 3.69. The number of rotatable bonds is 4. The van der Waals surface area contributed by atoms with Crippen LogP contribution in [0.25, 0.3) is 0 Å². The standard InChI is InChI=1S/C12H16O2/c1-9-4-5-11(3)12(6-9)14-8-10(2)7-13/h4-7,10H,8H2,1-3H3. The molecule has 0 spiro atoms. The van der Waals surface area contributed by atoms with Gasteiger partial charge in [0.25, 0.3) is 0 Å². The second kappa shape index (κ2) is 4.80. The van der Waals surface area contributed by atoms with Gasteiger partial charge in [0, 0.05) is 5.92 Å². The van der Waals surface area contributed by atoms with Crippen molar-refractivity contribution in [2.75, 3.05) is 6.61 Å². The van der Waals surface area contributed by atoms with Gasteiger partial charge in [-0.2, -0.15) is 0 Å². The first-order chi connectivity index (χ1) is 6.63. The van der Waals surface area contributed by atoms with E-state index < -0.39 is 0 Å². The topological polar surface area (TPSA) is 26.3 Å². The third kappa shape index (κ3) is 2.87. The number of carbonyl (C=O) groups is 1. The van der Waals surface area contributed by atoms with E-state index in [1.54, 1.807) is 0 Å². The third-order valence-electron chi connectivity index (χ3n) is 2.08. The van der Waals surface area contributed by atoms with Gasteiger partial charge in [-0.05, 0) is 31.0 Å². The molecular formula is C12H16O2. The molecule has 1 unspecified atom stereocenters. The molecule has 0 fully saturated rings. The number of aryl methyl sites for hydroxylation is 2. The summed E-state index contributed by atoms with van der Waals surface area (Å²) in [5, 5.41) is 0. The van der Waals surface area contributed by atoms with Crippen LogP contribution in [-0.2, 0) is 4.79 Å². The van der Waals surface area contributed by atoms with E-state index in [-0.39, 0.29) is 5.92 Å². The molecule has 1 aromatic rings. The Hall–Kier alpha value is -1.31. The highest BCUT2D eigenvalue weighted by atomic mass is 16.5. The summed E-state index contributed by atoms with van der Waals surface area (Å²) in [6, 6.07) is 6.06. The van der Waals surface area contributed by atoms with Crippen LogP contribution in [0.4, 0.5) is 0 Å². The van der Waals surface area contributed by atoms with Crippen molar-refractivity contribution in [2.45, 2.75) is 20.8 Å². The zero-order valence-electron chi connectivity index (χ0n) is 8.91. The molecule has 0 amide bonds. The largest absolute Gasteiger partial charge is 0.493 e. The molecule has 14 heavy (non-hydrogen) atoms. The maximum atomic E-state index is 10.4. The number of benzene rings is 1. The van der Waals surface area contributed by atoms with Crippen molar-refractivity contribution in [2.24, 2.45) is 5.92 Å². The van der Waals surface area contributed by atoms with Gasteiger partial charge in [-0.25, -0.2) is 0 Å². The number of carbonyl (C=O) groups excluding carboxylic acids is 1. The first-order valence-electron chi connectivity index (χ1n) is 4.79. The van der Waals surface area contributed by atoms with Gasteiger partial charge in [0.2, 0.25) is 0 Å². The Labute approximate surface area is 84.9 Å². The van der Waals surface area contributed by atoms with E-state index in [0.29, 0.717) is 6.61 Å². The fraction of sp³-hybridized carbons (Fsp3) is 0.417. The summed E-state index contributed by atoms with van der Waals surface area (Å²) in [7, 11) is 0. The van der Waals surface area contributed by atoms with Crippen molar-refractivity contribution in [3.8, 4) is 5.75 Å². The molecule has 1 atom stereocenters. The molecule has 1 aromatic carbocycles. The average molecular weight is 192 g/mol. The second-order valence-corrected chi connectivity index (χ2v) is 3.69. The van der Waals surface area contributed by atoms with Crippen LogP contribution >= 0.6 is 0 Å². The highest BCUT2D eigenvalue weighted by molar-refractivity contribution is 5.53. The van der Waals surface area contributed by atoms with Gasteiger partial charge in [-0.1, -0.05) is 19.1 Å². The average Bonchev–Trinajstić information content (AvgIpc) is 2.19. The van der Waals surface area contributed by atoms with Crippen LogP contribution in [0.1, 0.15) is 18.1 Å². The summed E-state index contributed by atoms with van der Waals surface area (Å²) in [4.78, 5) is 10.4. The van der Waals surface area contributed by atoms with Gasteiger partial charge in [0.15, 0.2) is 0 Å². The van der Waals surface area contributed by atoms with E-state index in [2.05, 4.69) is 0 Å². The quantitative estimate of drug-likeness (QED) is 0.685. The number of hydrogen-bond acceptors (Lipinski definition) is 2. The van der Waals surface area contributed by atoms with E-state index >= 15 is 0 Å². The monoisotopic (exact) mass is 192 g/mol. The number of aldehydes is 1. The SMILES string of the molecule is Cc1ccc(C)c(OCC(C)C=O)c1. The van der Waals surface area contributed by atoms with Gasteiger partial charge < -0.3 is 9.53 Å². The van der Waals surface area contributed by atoms with E-state index in [0.717, 1.165) is 17.6 Å². The predicted octanol–water partition coefficient (Wildman–Crippen LogP) is 2.52. The van der Waals surface area contributed by atoms with Gasteiger partial charge in [-0.15, -0.1) is 0 Å². The van der Waals surface area contributed by atoms with E-state index in [4.69, 9.17) is 4.74 Å². The Morgan fingerprint density at radius 2 is 2.14 bits per heavy atom. The number of ether oxygens (including phenoxy) is 1. The van der Waals surface area contributed by atoms with Gasteiger partial charge in [-0.3, -0.25) is 0 Å². The van der Waals surface area contributed by atoms with Crippen molar-refractivity contribution >= 4 is 6.29 Å². The molecule has 0 saturated carbocycles. The smallest absolute Gasteiger partial charge is 0.126 e. The Kier molecular flexibility index (Phi) is 3.69. The highest BCUT2D eigenvalue weighted by Crippen LogP contribution is 2.19. The van der Waals surface area contributed by atoms with Crippen molar-refractivity contribution < 1.29 is 9.53 Å². The Morgan fingerprint density at radius 3 is 2.79 bits per heavy atom. The highest BCUT2D eigenvalue weighted by Gasteiger charge is 2.03. The third-order valence-corrected chi connectivity index (χ3v) is 2.08. The van der Waals surface area contributed by atoms with Crippen molar-refractivity contribution in [1.29, 1.82) is 0 Å². The Balaban J connectivity index is 2.66. The van der Waals surface area contributed by atoms with E-state index in [9.17, 15) is 4.79 Å². The Bertz CT molecular complexity index is 318. The van der Waals surface area contributed by atoms with Crippen molar-refractivity contribution in [3.63, 3.8) is 0 Å². The molecule has 1 rings (SSSR count). The van der Waals surface area contributed by atoms with Crippen LogP contribution in [0.5, 0.6) is 5.75 Å². The first kappa shape index (κ1) is 10.8. The summed E-state index contributed by atoms with van der Waals surface area (Å²) in [6.07, 6.45) is 0.908. The predicted molar refractivity (Wildman–Crippen MR) is 56.6 cm³/mol. The summed E-state index contributed by atoms with van der Waals surface area (Å²) >= 11 is 0. The molecule has 0 aliphatic heterocycles. The van der Waals surface area contributed by atoms with Crippen LogP contribution < -0.4 is 4.74 Å². The summed E-state index contributed by atoms with van der Waals surface area (Å²) in [5.41, 5.74) is 2.28. The minimum Gasteiger partial charge on any atom is -0.493 e. The fourth-order valence-electron chi connectivity index (χ4n) is 1.12. The molecule has 0 N–H and O–H groups in total. The van der Waals surface area contributed by atoms with Crippen LogP contribution in [-0.4, -0.2) is 12.9 Å². The van der Waals surface area contributed by atoms with Gasteiger partial charge in [0.1, 0.15) is 12.0 Å². The van der Waals surface area contributed by atoms with E-state index in [1.165, 1.54) is 5.56 Å². The lowest BCUT2D eigenvalue weighted by molar-refractivity contribution is -0.111. The van der Waals surface area contributed by atoms with E-state index in [1.807, 2.05) is 39.0 Å². The molecule has 0 saturated heterocycles. The van der Waals surface area contributed by atoms with Gasteiger partial charge in [0.05, 0.1) is 6.61 Å². The molecule has 76 valence electrons. The molecule has 0 heterocycles. The lowest BCUT2D eigenvalue weighted by Gasteiger charge is -2.10. The molecule has 0 radical (unpaired) electrons. The molecule has 2 nitrogen and oxygen atoms in total. The van der Waals surface area contributed by atoms with Crippen LogP contribution in [0.2, 0.25) is 0 Å². The zero-order valence-corrected chi connectivity index (χ0v) is 8.91. The van der Waals surface area contributed by atoms with Crippen LogP contribution in [0, 0.1) is 19.8 Å². The first-order valence-corrected chi connectivity index (χ1v) is 4.79. The fourth-order valence-corrected chi connectivity index (χ4v) is 1.12. The van der Waals surface area contributed by atoms with Crippen molar-refractivity contribution in [3.05, 3.63) is 29.3 Å². The lowest BCUT2D eigenvalue weighted by atomic mass is 10.1.